The Bertz CT molecular complexity index is 362. The Labute approximate surface area is 115 Å². The standard InChI is InChI=1S/C15H25NO3/c1-15(2,11-16-13(10-18)8-9-17)12-4-6-14(19-3)7-5-12/h4-7,13,16-18H,8-11H2,1-3H3. The maximum absolute atomic E-state index is 9.20. The first kappa shape index (κ1) is 16.0. The van der Waals surface area contributed by atoms with Crippen molar-refractivity contribution in [1.82, 2.24) is 5.32 Å². The fourth-order valence-electron chi connectivity index (χ4n) is 1.96. The van der Waals surface area contributed by atoms with Crippen LogP contribution in [0, 0.1) is 0 Å². The molecule has 1 rings (SSSR count). The number of methoxy groups -OCH3 is 1. The third-order valence-corrected chi connectivity index (χ3v) is 3.40. The normalized spacial score (nSPS) is 13.3. The van der Waals surface area contributed by atoms with E-state index in [2.05, 4.69) is 31.3 Å². The summed E-state index contributed by atoms with van der Waals surface area (Å²) in [6.45, 7) is 5.16. The predicted molar refractivity (Wildman–Crippen MR) is 76.6 cm³/mol. The quantitative estimate of drug-likeness (QED) is 0.664. The molecule has 0 fully saturated rings. The highest BCUT2D eigenvalue weighted by atomic mass is 16.5. The molecule has 1 aromatic carbocycles. The predicted octanol–water partition coefficient (Wildman–Crippen LogP) is 1.31. The number of hydrogen-bond acceptors (Lipinski definition) is 4. The van der Waals surface area contributed by atoms with Crippen LogP contribution in [-0.2, 0) is 5.41 Å². The topological polar surface area (TPSA) is 61.7 Å². The van der Waals surface area contributed by atoms with Gasteiger partial charge in [-0.15, -0.1) is 0 Å². The van der Waals surface area contributed by atoms with Crippen LogP contribution in [0.4, 0.5) is 0 Å². The third-order valence-electron chi connectivity index (χ3n) is 3.40. The summed E-state index contributed by atoms with van der Waals surface area (Å²) in [4.78, 5) is 0. The minimum Gasteiger partial charge on any atom is -0.497 e. The molecule has 0 heterocycles. The summed E-state index contributed by atoms with van der Waals surface area (Å²) in [5.74, 6) is 0.848. The number of rotatable bonds is 8. The summed E-state index contributed by atoms with van der Waals surface area (Å²) in [6.07, 6.45) is 0.565. The number of benzene rings is 1. The maximum atomic E-state index is 9.20. The number of nitrogens with one attached hydrogen (secondary N) is 1. The average Bonchev–Trinajstić information content (AvgIpc) is 2.43. The van der Waals surface area contributed by atoms with E-state index in [0.29, 0.717) is 6.42 Å². The van der Waals surface area contributed by atoms with E-state index in [9.17, 15) is 5.11 Å². The molecule has 1 unspecified atom stereocenters. The highest BCUT2D eigenvalue weighted by Crippen LogP contribution is 2.24. The Hall–Kier alpha value is -1.10. The van der Waals surface area contributed by atoms with Crippen LogP contribution in [0.3, 0.4) is 0 Å². The van der Waals surface area contributed by atoms with E-state index in [0.717, 1.165) is 12.3 Å². The molecule has 0 bridgehead atoms. The monoisotopic (exact) mass is 267 g/mol. The van der Waals surface area contributed by atoms with Gasteiger partial charge in [-0.05, 0) is 24.1 Å². The zero-order chi connectivity index (χ0) is 14.3. The molecule has 4 nitrogen and oxygen atoms in total. The lowest BCUT2D eigenvalue weighted by Gasteiger charge is -2.28. The van der Waals surface area contributed by atoms with Crippen molar-refractivity contribution in [3.8, 4) is 5.75 Å². The molecule has 0 aliphatic carbocycles. The first-order valence-corrected chi connectivity index (χ1v) is 6.63. The van der Waals surface area contributed by atoms with Crippen molar-refractivity contribution >= 4 is 0 Å². The van der Waals surface area contributed by atoms with Gasteiger partial charge in [0, 0.05) is 24.6 Å². The van der Waals surface area contributed by atoms with Crippen LogP contribution >= 0.6 is 0 Å². The van der Waals surface area contributed by atoms with E-state index in [1.54, 1.807) is 7.11 Å². The zero-order valence-electron chi connectivity index (χ0n) is 12.0. The second-order valence-corrected chi connectivity index (χ2v) is 5.39. The van der Waals surface area contributed by atoms with Gasteiger partial charge in [0.2, 0.25) is 0 Å². The Morgan fingerprint density at radius 3 is 2.32 bits per heavy atom. The molecular formula is C15H25NO3. The summed E-state index contributed by atoms with van der Waals surface area (Å²) < 4.78 is 5.15. The summed E-state index contributed by atoms with van der Waals surface area (Å²) in [7, 11) is 1.66. The molecule has 19 heavy (non-hydrogen) atoms. The van der Waals surface area contributed by atoms with Crippen LogP contribution in [0.2, 0.25) is 0 Å². The molecule has 0 aromatic heterocycles. The smallest absolute Gasteiger partial charge is 0.118 e. The van der Waals surface area contributed by atoms with Gasteiger partial charge in [0.25, 0.3) is 0 Å². The first-order chi connectivity index (χ1) is 9.03. The van der Waals surface area contributed by atoms with Crippen LogP contribution in [0.1, 0.15) is 25.8 Å². The van der Waals surface area contributed by atoms with Crippen molar-refractivity contribution in [3.63, 3.8) is 0 Å². The fourth-order valence-corrected chi connectivity index (χ4v) is 1.96. The van der Waals surface area contributed by atoms with E-state index in [1.165, 1.54) is 5.56 Å². The highest BCUT2D eigenvalue weighted by Gasteiger charge is 2.21. The lowest BCUT2D eigenvalue weighted by atomic mass is 9.84. The number of hydrogen-bond donors (Lipinski definition) is 3. The van der Waals surface area contributed by atoms with Crippen molar-refractivity contribution in [3.05, 3.63) is 29.8 Å². The summed E-state index contributed by atoms with van der Waals surface area (Å²) in [5.41, 5.74) is 1.16. The molecule has 3 N–H and O–H groups in total. The van der Waals surface area contributed by atoms with E-state index in [1.807, 2.05) is 12.1 Å². The Morgan fingerprint density at radius 1 is 1.21 bits per heavy atom. The van der Waals surface area contributed by atoms with Gasteiger partial charge in [0.1, 0.15) is 5.75 Å². The van der Waals surface area contributed by atoms with Crippen molar-refractivity contribution in [2.75, 3.05) is 26.9 Å². The van der Waals surface area contributed by atoms with Crippen LogP contribution in [-0.4, -0.2) is 43.1 Å². The van der Waals surface area contributed by atoms with Gasteiger partial charge in [0.05, 0.1) is 13.7 Å². The number of aliphatic hydroxyl groups is 2. The molecular weight excluding hydrogens is 242 g/mol. The lowest BCUT2D eigenvalue weighted by Crippen LogP contribution is -2.41. The van der Waals surface area contributed by atoms with Crippen LogP contribution in [0.15, 0.2) is 24.3 Å². The summed E-state index contributed by atoms with van der Waals surface area (Å²) in [6, 6.07) is 7.96. The second kappa shape index (κ2) is 7.48. The van der Waals surface area contributed by atoms with E-state index < -0.39 is 0 Å². The van der Waals surface area contributed by atoms with Gasteiger partial charge < -0.3 is 20.3 Å². The Morgan fingerprint density at radius 2 is 1.84 bits per heavy atom. The van der Waals surface area contributed by atoms with Crippen molar-refractivity contribution in [2.24, 2.45) is 0 Å². The van der Waals surface area contributed by atoms with Gasteiger partial charge in [-0.3, -0.25) is 0 Å². The minimum absolute atomic E-state index is 0.0409. The SMILES string of the molecule is COc1ccc(C(C)(C)CNC(CO)CCO)cc1. The summed E-state index contributed by atoms with van der Waals surface area (Å²) in [5, 5.41) is 21.4. The minimum atomic E-state index is -0.0532. The third kappa shape index (κ3) is 4.82. The van der Waals surface area contributed by atoms with Crippen LogP contribution in [0.25, 0.3) is 0 Å². The molecule has 108 valence electrons. The van der Waals surface area contributed by atoms with Gasteiger partial charge in [-0.1, -0.05) is 26.0 Å². The van der Waals surface area contributed by atoms with Crippen LogP contribution in [0.5, 0.6) is 5.75 Å². The number of aliphatic hydroxyl groups excluding tert-OH is 2. The van der Waals surface area contributed by atoms with Crippen molar-refractivity contribution < 1.29 is 14.9 Å². The van der Waals surface area contributed by atoms with Crippen molar-refractivity contribution in [2.45, 2.75) is 31.7 Å². The van der Waals surface area contributed by atoms with E-state index >= 15 is 0 Å². The first-order valence-electron chi connectivity index (χ1n) is 6.63. The van der Waals surface area contributed by atoms with E-state index in [-0.39, 0.29) is 24.7 Å². The molecule has 0 saturated heterocycles. The largest absolute Gasteiger partial charge is 0.497 e. The Balaban J connectivity index is 2.63. The summed E-state index contributed by atoms with van der Waals surface area (Å²) >= 11 is 0. The van der Waals surface area contributed by atoms with Gasteiger partial charge >= 0.3 is 0 Å². The molecule has 0 spiro atoms. The van der Waals surface area contributed by atoms with Gasteiger partial charge in [0.15, 0.2) is 0 Å². The molecule has 0 aliphatic rings. The molecule has 1 aromatic rings. The number of ether oxygens (including phenoxy) is 1. The maximum Gasteiger partial charge on any atom is 0.118 e. The molecule has 4 heteroatoms. The molecule has 0 saturated carbocycles. The molecule has 0 amide bonds. The highest BCUT2D eigenvalue weighted by molar-refractivity contribution is 5.31. The van der Waals surface area contributed by atoms with Crippen LogP contribution < -0.4 is 10.1 Å². The lowest BCUT2D eigenvalue weighted by molar-refractivity contribution is 0.195. The molecule has 0 aliphatic heterocycles. The van der Waals surface area contributed by atoms with E-state index in [4.69, 9.17) is 9.84 Å². The molecule has 1 atom stereocenters. The zero-order valence-corrected chi connectivity index (χ0v) is 12.0. The van der Waals surface area contributed by atoms with Crippen molar-refractivity contribution in [1.29, 1.82) is 0 Å². The second-order valence-electron chi connectivity index (χ2n) is 5.39. The molecule has 0 radical (unpaired) electrons. The van der Waals surface area contributed by atoms with Gasteiger partial charge in [-0.25, -0.2) is 0 Å². The Kier molecular flexibility index (Phi) is 6.28. The van der Waals surface area contributed by atoms with Gasteiger partial charge in [-0.2, -0.15) is 0 Å². The average molecular weight is 267 g/mol. The fraction of sp³-hybridized carbons (Fsp3) is 0.600.